The van der Waals surface area contributed by atoms with Crippen molar-refractivity contribution in [3.8, 4) is 0 Å². The highest BCUT2D eigenvalue weighted by Crippen LogP contribution is 2.37. The van der Waals surface area contributed by atoms with Crippen LogP contribution in [0.25, 0.3) is 0 Å². The summed E-state index contributed by atoms with van der Waals surface area (Å²) in [6.45, 7) is 6.27. The highest BCUT2D eigenvalue weighted by Gasteiger charge is 2.37. The number of nitrogens with zero attached hydrogens (tertiary/aromatic N) is 1. The molecule has 1 saturated carbocycles. The number of unbranched alkanes of at least 4 members (excludes halogenated alkanes) is 4. The zero-order valence-electron chi connectivity index (χ0n) is 20.5. The lowest BCUT2D eigenvalue weighted by atomic mass is 9.88. The first-order valence-corrected chi connectivity index (χ1v) is 13.0. The summed E-state index contributed by atoms with van der Waals surface area (Å²) in [4.78, 5) is 2.50. The largest absolute Gasteiger partial charge is 0.416 e. The lowest BCUT2D eigenvalue weighted by molar-refractivity contribution is -0.143. The van der Waals surface area contributed by atoms with Crippen LogP contribution in [0.1, 0.15) is 89.2 Å². The summed E-state index contributed by atoms with van der Waals surface area (Å²) >= 11 is 5.34. The van der Waals surface area contributed by atoms with Crippen LogP contribution >= 0.6 is 12.2 Å². The number of rotatable bonds is 11. The van der Waals surface area contributed by atoms with Gasteiger partial charge >= 0.3 is 12.4 Å². The summed E-state index contributed by atoms with van der Waals surface area (Å²) in [6.07, 6.45) is 0.842. The molecule has 0 heterocycles. The average Bonchev–Trinajstić information content (AvgIpc) is 2.77. The summed E-state index contributed by atoms with van der Waals surface area (Å²) in [5.41, 5.74) is -3.07. The second-order valence-electron chi connectivity index (χ2n) is 9.30. The van der Waals surface area contributed by atoms with E-state index in [1.165, 1.54) is 0 Å². The van der Waals surface area contributed by atoms with Crippen molar-refractivity contribution in [1.82, 2.24) is 10.2 Å². The first kappa shape index (κ1) is 29.7. The molecule has 1 fully saturated rings. The van der Waals surface area contributed by atoms with E-state index in [4.69, 9.17) is 12.2 Å². The van der Waals surface area contributed by atoms with Gasteiger partial charge in [-0.25, -0.2) is 0 Å². The van der Waals surface area contributed by atoms with Gasteiger partial charge in [-0.2, -0.15) is 26.3 Å². The number of nitrogens with one attached hydrogen (secondary N) is 2. The van der Waals surface area contributed by atoms with Crippen molar-refractivity contribution in [2.24, 2.45) is 0 Å². The van der Waals surface area contributed by atoms with Gasteiger partial charge in [-0.3, -0.25) is 4.90 Å². The number of halogens is 6. The first-order chi connectivity index (χ1) is 16.5. The van der Waals surface area contributed by atoms with Gasteiger partial charge in [-0.15, -0.1) is 0 Å². The summed E-state index contributed by atoms with van der Waals surface area (Å²) in [7, 11) is 0. The van der Waals surface area contributed by atoms with Crippen LogP contribution in [0.5, 0.6) is 0 Å². The van der Waals surface area contributed by atoms with Crippen LogP contribution in [0.3, 0.4) is 0 Å². The van der Waals surface area contributed by atoms with Crippen molar-refractivity contribution in [3.05, 3.63) is 29.3 Å². The van der Waals surface area contributed by atoms with Gasteiger partial charge in [-0.05, 0) is 69.2 Å². The number of benzene rings is 1. The van der Waals surface area contributed by atoms with Gasteiger partial charge in [0.1, 0.15) is 0 Å². The Bertz CT molecular complexity index is 754. The molecule has 1 aliphatic rings. The molecule has 3 nitrogen and oxygen atoms in total. The fourth-order valence-corrected chi connectivity index (χ4v) is 4.92. The predicted octanol–water partition coefficient (Wildman–Crippen LogP) is 8.00. The zero-order valence-corrected chi connectivity index (χ0v) is 21.3. The molecule has 1 aromatic carbocycles. The van der Waals surface area contributed by atoms with Crippen molar-refractivity contribution >= 4 is 23.0 Å². The number of thiocarbonyl (C=S) groups is 1. The van der Waals surface area contributed by atoms with Gasteiger partial charge in [-0.1, -0.05) is 52.4 Å². The zero-order chi connectivity index (χ0) is 26.1. The number of anilines is 1. The van der Waals surface area contributed by atoms with Crippen LogP contribution < -0.4 is 10.6 Å². The normalized spacial score (nSPS) is 19.1. The molecule has 0 amide bonds. The summed E-state index contributed by atoms with van der Waals surface area (Å²) in [5.74, 6) is 0. The van der Waals surface area contributed by atoms with Crippen molar-refractivity contribution in [2.75, 3.05) is 18.4 Å². The van der Waals surface area contributed by atoms with Gasteiger partial charge in [0.2, 0.25) is 0 Å². The molecule has 1 aliphatic carbocycles. The SMILES string of the molecule is CCCCCN(CCCCC)[C@@H]1CCCC[C@H]1NC(=S)Nc1cc(C(F)(F)F)cc(C(F)(F)F)c1. The van der Waals surface area contributed by atoms with E-state index in [1.54, 1.807) is 0 Å². The van der Waals surface area contributed by atoms with E-state index in [2.05, 4.69) is 29.4 Å². The van der Waals surface area contributed by atoms with Crippen molar-refractivity contribution in [2.45, 2.75) is 102 Å². The van der Waals surface area contributed by atoms with Crippen molar-refractivity contribution in [3.63, 3.8) is 0 Å². The van der Waals surface area contributed by atoms with Crippen molar-refractivity contribution in [1.29, 1.82) is 0 Å². The molecule has 1 aromatic rings. The first-order valence-electron chi connectivity index (χ1n) is 12.6. The molecule has 10 heteroatoms. The van der Waals surface area contributed by atoms with E-state index in [-0.39, 0.29) is 28.9 Å². The standard InChI is InChI=1S/C25H37F6N3S/c1-3-5-9-13-34(14-10-6-4-2)22-12-8-7-11-21(22)33-23(35)32-20-16-18(24(26,27)28)15-19(17-20)25(29,30)31/h15-17,21-22H,3-14H2,1-2H3,(H2,32,33,35)/t21-,22-/m1/s1. The van der Waals surface area contributed by atoms with E-state index >= 15 is 0 Å². The topological polar surface area (TPSA) is 27.3 Å². The molecule has 0 aromatic heterocycles. The fourth-order valence-electron chi connectivity index (χ4n) is 4.65. The maximum absolute atomic E-state index is 13.2. The third-order valence-corrected chi connectivity index (χ3v) is 6.68. The second kappa shape index (κ2) is 13.7. The maximum Gasteiger partial charge on any atom is 0.416 e. The minimum Gasteiger partial charge on any atom is -0.358 e. The Hall–Kier alpha value is -1.55. The molecule has 2 atom stereocenters. The monoisotopic (exact) mass is 525 g/mol. The summed E-state index contributed by atoms with van der Waals surface area (Å²) < 4.78 is 79.2. The van der Waals surface area contributed by atoms with E-state index < -0.39 is 23.5 Å². The third kappa shape index (κ3) is 9.79. The van der Waals surface area contributed by atoms with Crippen LogP contribution in [-0.4, -0.2) is 35.2 Å². The van der Waals surface area contributed by atoms with Gasteiger partial charge in [0.25, 0.3) is 0 Å². The molecular formula is C25H37F6N3S. The average molecular weight is 526 g/mol. The highest BCUT2D eigenvalue weighted by atomic mass is 32.1. The van der Waals surface area contributed by atoms with Gasteiger partial charge in [0.15, 0.2) is 5.11 Å². The summed E-state index contributed by atoms with van der Waals surface area (Å²) in [6, 6.07) is 1.64. The quantitative estimate of drug-likeness (QED) is 0.174. The van der Waals surface area contributed by atoms with Crippen LogP contribution in [0, 0.1) is 0 Å². The van der Waals surface area contributed by atoms with E-state index in [9.17, 15) is 26.3 Å². The van der Waals surface area contributed by atoms with Crippen LogP contribution in [-0.2, 0) is 12.4 Å². The molecular weight excluding hydrogens is 488 g/mol. The molecule has 0 aliphatic heterocycles. The van der Waals surface area contributed by atoms with E-state index in [0.717, 1.165) is 77.3 Å². The second-order valence-corrected chi connectivity index (χ2v) is 9.71. The third-order valence-electron chi connectivity index (χ3n) is 6.46. The highest BCUT2D eigenvalue weighted by molar-refractivity contribution is 7.80. The maximum atomic E-state index is 13.2. The fraction of sp³-hybridized carbons (Fsp3) is 0.720. The molecule has 0 saturated heterocycles. The van der Waals surface area contributed by atoms with E-state index in [1.807, 2.05) is 0 Å². The Kier molecular flexibility index (Phi) is 11.6. The van der Waals surface area contributed by atoms with Crippen LogP contribution in [0.2, 0.25) is 0 Å². The molecule has 0 bridgehead atoms. The van der Waals surface area contributed by atoms with Gasteiger partial charge in [0.05, 0.1) is 11.1 Å². The Morgan fingerprint density at radius 3 is 1.86 bits per heavy atom. The van der Waals surface area contributed by atoms with Crippen LogP contribution in [0.4, 0.5) is 32.0 Å². The lowest BCUT2D eigenvalue weighted by Gasteiger charge is -2.41. The number of hydrogen-bond donors (Lipinski definition) is 2. The summed E-state index contributed by atoms with van der Waals surface area (Å²) in [5, 5.41) is 5.83. The van der Waals surface area contributed by atoms with E-state index in [0.29, 0.717) is 12.1 Å². The molecule has 0 spiro atoms. The smallest absolute Gasteiger partial charge is 0.358 e. The minimum atomic E-state index is -4.90. The molecule has 2 rings (SSSR count). The van der Waals surface area contributed by atoms with Crippen molar-refractivity contribution < 1.29 is 26.3 Å². The van der Waals surface area contributed by atoms with Gasteiger partial charge in [0, 0.05) is 17.8 Å². The Morgan fingerprint density at radius 1 is 0.857 bits per heavy atom. The van der Waals surface area contributed by atoms with Crippen LogP contribution in [0.15, 0.2) is 18.2 Å². The molecule has 2 N–H and O–H groups in total. The Labute approximate surface area is 210 Å². The van der Waals surface area contributed by atoms with Gasteiger partial charge < -0.3 is 10.6 Å². The molecule has 0 unspecified atom stereocenters. The minimum absolute atomic E-state index is 0.0140. The predicted molar refractivity (Wildman–Crippen MR) is 132 cm³/mol. The number of alkyl halides is 6. The lowest BCUT2D eigenvalue weighted by Crippen LogP contribution is -2.54. The Morgan fingerprint density at radius 2 is 1.37 bits per heavy atom. The number of hydrogen-bond acceptors (Lipinski definition) is 2. The molecule has 0 radical (unpaired) electrons. The molecule has 200 valence electrons. The Balaban J connectivity index is 2.15. The molecule has 35 heavy (non-hydrogen) atoms.